The van der Waals surface area contributed by atoms with Crippen LogP contribution in [0.5, 0.6) is 0 Å². The molecule has 1 heterocycles. The molecule has 1 amide bonds. The Morgan fingerprint density at radius 1 is 1.07 bits per heavy atom. The number of halogens is 5. The molecule has 1 aromatic heterocycles. The van der Waals surface area contributed by atoms with E-state index in [1.807, 2.05) is 0 Å². The van der Waals surface area contributed by atoms with E-state index in [-0.39, 0.29) is 15.9 Å². The highest BCUT2D eigenvalue weighted by Crippen LogP contribution is 2.33. The molecule has 4 nitrogen and oxygen atoms in total. The molecule has 0 aliphatic rings. The van der Waals surface area contributed by atoms with Crippen molar-refractivity contribution in [3.8, 4) is 11.3 Å². The van der Waals surface area contributed by atoms with Crippen molar-refractivity contribution in [1.29, 1.82) is 0 Å². The largest absolute Gasteiger partial charge is 0.433 e. The molecule has 1 atom stereocenters. The quantitative estimate of drug-likeness (QED) is 0.336. The standard InChI is InChI=1S/C20H14Cl2F3N3OS/c1-11(18(29)26-15-8-7-13(21)9-14(15)22)30-19-27-16(12-5-3-2-4-6-12)10-17(28-19)20(23,24)25/h2-11H,1H3,(H,26,29)/t11-/m1/s1. The van der Waals surface area contributed by atoms with Crippen LogP contribution >= 0.6 is 35.0 Å². The summed E-state index contributed by atoms with van der Waals surface area (Å²) in [4.78, 5) is 20.3. The third kappa shape index (κ3) is 5.65. The number of carbonyl (C=O) groups is 1. The topological polar surface area (TPSA) is 54.9 Å². The van der Waals surface area contributed by atoms with Gasteiger partial charge in [-0.2, -0.15) is 13.2 Å². The van der Waals surface area contributed by atoms with Crippen LogP contribution in [0.4, 0.5) is 18.9 Å². The highest BCUT2D eigenvalue weighted by molar-refractivity contribution is 8.00. The lowest BCUT2D eigenvalue weighted by atomic mass is 10.1. The van der Waals surface area contributed by atoms with Gasteiger partial charge in [0.1, 0.15) is 5.69 Å². The molecule has 1 N–H and O–H groups in total. The van der Waals surface area contributed by atoms with Crippen LogP contribution in [0.25, 0.3) is 11.3 Å². The number of alkyl halides is 3. The van der Waals surface area contributed by atoms with Crippen LogP contribution < -0.4 is 5.32 Å². The van der Waals surface area contributed by atoms with Crippen molar-refractivity contribution in [3.05, 3.63) is 70.3 Å². The lowest BCUT2D eigenvalue weighted by Crippen LogP contribution is -2.23. The van der Waals surface area contributed by atoms with Crippen LogP contribution in [-0.4, -0.2) is 21.1 Å². The number of benzene rings is 2. The van der Waals surface area contributed by atoms with Gasteiger partial charge in [0.15, 0.2) is 5.16 Å². The van der Waals surface area contributed by atoms with E-state index >= 15 is 0 Å². The molecule has 0 fully saturated rings. The fourth-order valence-corrected chi connectivity index (χ4v) is 3.66. The number of hydrogen-bond acceptors (Lipinski definition) is 4. The molecular weight excluding hydrogens is 458 g/mol. The third-order valence-corrected chi connectivity index (χ3v) is 5.41. The summed E-state index contributed by atoms with van der Waals surface area (Å²) >= 11 is 12.7. The Bertz CT molecular complexity index is 1060. The Morgan fingerprint density at radius 3 is 2.40 bits per heavy atom. The second kappa shape index (κ2) is 9.24. The summed E-state index contributed by atoms with van der Waals surface area (Å²) < 4.78 is 40.0. The normalized spacial score (nSPS) is 12.5. The van der Waals surface area contributed by atoms with Crippen molar-refractivity contribution in [3.63, 3.8) is 0 Å². The minimum atomic E-state index is -4.65. The fraction of sp³-hybridized carbons (Fsp3) is 0.150. The predicted molar refractivity (Wildman–Crippen MR) is 113 cm³/mol. The van der Waals surface area contributed by atoms with Crippen LogP contribution in [0.1, 0.15) is 12.6 Å². The first kappa shape index (κ1) is 22.4. The molecule has 0 saturated carbocycles. The fourth-order valence-electron chi connectivity index (χ4n) is 2.42. The Morgan fingerprint density at radius 2 is 1.77 bits per heavy atom. The summed E-state index contributed by atoms with van der Waals surface area (Å²) in [5.74, 6) is -0.466. The number of amides is 1. The van der Waals surface area contributed by atoms with E-state index < -0.39 is 23.0 Å². The summed E-state index contributed by atoms with van der Waals surface area (Å²) in [5.41, 5.74) is -0.105. The van der Waals surface area contributed by atoms with Crippen molar-refractivity contribution in [1.82, 2.24) is 9.97 Å². The van der Waals surface area contributed by atoms with Crippen LogP contribution in [0, 0.1) is 0 Å². The minimum Gasteiger partial charge on any atom is -0.324 e. The maximum Gasteiger partial charge on any atom is 0.433 e. The van der Waals surface area contributed by atoms with E-state index in [1.54, 1.807) is 36.4 Å². The van der Waals surface area contributed by atoms with Gasteiger partial charge in [0, 0.05) is 10.6 Å². The monoisotopic (exact) mass is 471 g/mol. The second-order valence-corrected chi connectivity index (χ2v) is 8.31. The smallest absolute Gasteiger partial charge is 0.324 e. The van der Waals surface area contributed by atoms with Crippen LogP contribution in [0.3, 0.4) is 0 Å². The van der Waals surface area contributed by atoms with Gasteiger partial charge in [-0.05, 0) is 31.2 Å². The third-order valence-electron chi connectivity index (χ3n) is 3.91. The molecule has 0 radical (unpaired) electrons. The lowest BCUT2D eigenvalue weighted by Gasteiger charge is -2.14. The Balaban J connectivity index is 1.84. The van der Waals surface area contributed by atoms with E-state index in [0.29, 0.717) is 16.3 Å². The molecule has 3 rings (SSSR count). The van der Waals surface area contributed by atoms with Gasteiger partial charge in [-0.3, -0.25) is 4.79 Å². The lowest BCUT2D eigenvalue weighted by molar-refractivity contribution is -0.141. The maximum atomic E-state index is 13.3. The van der Waals surface area contributed by atoms with Crippen molar-refractivity contribution >= 4 is 46.6 Å². The predicted octanol–water partition coefficient (Wildman–Crippen LogP) is 6.59. The molecule has 0 spiro atoms. The van der Waals surface area contributed by atoms with Gasteiger partial charge < -0.3 is 5.32 Å². The average Bonchev–Trinajstić information content (AvgIpc) is 2.69. The summed E-state index contributed by atoms with van der Waals surface area (Å²) in [6.45, 7) is 1.54. The Kier molecular flexibility index (Phi) is 6.90. The number of nitrogens with zero attached hydrogens (tertiary/aromatic N) is 2. The molecule has 0 aliphatic carbocycles. The zero-order valence-electron chi connectivity index (χ0n) is 15.4. The first-order valence-corrected chi connectivity index (χ1v) is 10.2. The van der Waals surface area contributed by atoms with E-state index in [4.69, 9.17) is 23.2 Å². The Labute approximate surface area is 184 Å². The molecule has 3 aromatic rings. The van der Waals surface area contributed by atoms with Crippen LogP contribution in [0.15, 0.2) is 59.8 Å². The van der Waals surface area contributed by atoms with Crippen LogP contribution in [0.2, 0.25) is 10.0 Å². The SMILES string of the molecule is C[C@@H](Sc1nc(-c2ccccc2)cc(C(F)(F)F)n1)C(=O)Nc1ccc(Cl)cc1Cl. The van der Waals surface area contributed by atoms with E-state index in [9.17, 15) is 18.0 Å². The van der Waals surface area contributed by atoms with Gasteiger partial charge >= 0.3 is 6.18 Å². The zero-order chi connectivity index (χ0) is 21.9. The van der Waals surface area contributed by atoms with Gasteiger partial charge in [-0.15, -0.1) is 0 Å². The Hall–Kier alpha value is -2.29. The molecule has 30 heavy (non-hydrogen) atoms. The maximum absolute atomic E-state index is 13.3. The zero-order valence-corrected chi connectivity index (χ0v) is 17.7. The van der Waals surface area contributed by atoms with Gasteiger partial charge in [0.05, 0.1) is 21.7 Å². The molecule has 2 aromatic carbocycles. The average molecular weight is 472 g/mol. The number of rotatable bonds is 5. The first-order valence-electron chi connectivity index (χ1n) is 8.58. The summed E-state index contributed by atoms with van der Waals surface area (Å²) in [7, 11) is 0. The first-order chi connectivity index (χ1) is 14.1. The van der Waals surface area contributed by atoms with Crippen LogP contribution in [-0.2, 0) is 11.0 Å². The molecular formula is C20H14Cl2F3N3OS. The van der Waals surface area contributed by atoms with Crippen molar-refractivity contribution in [2.75, 3.05) is 5.32 Å². The highest BCUT2D eigenvalue weighted by atomic mass is 35.5. The molecule has 0 unspecified atom stereocenters. The molecule has 156 valence electrons. The summed E-state index contributed by atoms with van der Waals surface area (Å²) in [6.07, 6.45) is -4.65. The van der Waals surface area contributed by atoms with Crippen molar-refractivity contribution in [2.45, 2.75) is 23.5 Å². The number of anilines is 1. The van der Waals surface area contributed by atoms with E-state index in [0.717, 1.165) is 17.8 Å². The minimum absolute atomic E-state index is 0.119. The number of hydrogen-bond donors (Lipinski definition) is 1. The highest BCUT2D eigenvalue weighted by Gasteiger charge is 2.34. The second-order valence-electron chi connectivity index (χ2n) is 6.16. The van der Waals surface area contributed by atoms with Gasteiger partial charge in [0.25, 0.3) is 0 Å². The van der Waals surface area contributed by atoms with E-state index in [1.165, 1.54) is 19.1 Å². The molecule has 0 aliphatic heterocycles. The number of nitrogens with one attached hydrogen (secondary N) is 1. The molecule has 0 saturated heterocycles. The van der Waals surface area contributed by atoms with Gasteiger partial charge in [0.2, 0.25) is 5.91 Å². The molecule has 10 heteroatoms. The number of thioether (sulfide) groups is 1. The van der Waals surface area contributed by atoms with Gasteiger partial charge in [-0.1, -0.05) is 65.3 Å². The van der Waals surface area contributed by atoms with Crippen molar-refractivity contribution < 1.29 is 18.0 Å². The summed E-state index contributed by atoms with van der Waals surface area (Å²) in [6, 6.07) is 13.9. The van der Waals surface area contributed by atoms with Gasteiger partial charge in [-0.25, -0.2) is 9.97 Å². The molecule has 0 bridgehead atoms. The number of carbonyl (C=O) groups excluding carboxylic acids is 1. The van der Waals surface area contributed by atoms with E-state index in [2.05, 4.69) is 15.3 Å². The number of aromatic nitrogens is 2. The van der Waals surface area contributed by atoms with Crippen molar-refractivity contribution in [2.24, 2.45) is 0 Å². The summed E-state index contributed by atoms with van der Waals surface area (Å²) in [5, 5.41) is 2.33.